The number of carbonyl (C=O) groups is 1. The van der Waals surface area contributed by atoms with Crippen molar-refractivity contribution in [1.29, 1.82) is 0 Å². The summed E-state index contributed by atoms with van der Waals surface area (Å²) in [4.78, 5) is 11.5. The number of carbonyl (C=O) groups excluding carboxylic acids is 1. The highest BCUT2D eigenvalue weighted by molar-refractivity contribution is 7.91. The van der Waals surface area contributed by atoms with Gasteiger partial charge in [0.1, 0.15) is 0 Å². The fourth-order valence-corrected chi connectivity index (χ4v) is 3.58. The van der Waals surface area contributed by atoms with Gasteiger partial charge in [0.2, 0.25) is 5.91 Å². The normalized spacial score (nSPS) is 25.2. The second-order valence-corrected chi connectivity index (χ2v) is 6.65. The number of hydrogen-bond donors (Lipinski definition) is 2. The first kappa shape index (κ1) is 13.4. The van der Waals surface area contributed by atoms with Crippen molar-refractivity contribution >= 4 is 15.7 Å². The van der Waals surface area contributed by atoms with Gasteiger partial charge >= 0.3 is 0 Å². The number of hydrogen-bond acceptors (Lipinski definition) is 4. The van der Waals surface area contributed by atoms with E-state index in [4.69, 9.17) is 5.73 Å². The Bertz CT molecular complexity index is 340. The van der Waals surface area contributed by atoms with Gasteiger partial charge in [0.05, 0.1) is 11.5 Å². The summed E-state index contributed by atoms with van der Waals surface area (Å²) >= 11 is 0. The highest BCUT2D eigenvalue weighted by Gasteiger charge is 2.28. The molecule has 1 fully saturated rings. The molecule has 5 nitrogen and oxygen atoms in total. The van der Waals surface area contributed by atoms with E-state index in [1.807, 2.05) is 6.92 Å². The van der Waals surface area contributed by atoms with Crippen LogP contribution in [-0.4, -0.2) is 37.9 Å². The molecule has 0 aromatic carbocycles. The quantitative estimate of drug-likeness (QED) is 0.705. The zero-order valence-electron chi connectivity index (χ0n) is 9.61. The number of amides is 1. The highest BCUT2D eigenvalue weighted by atomic mass is 32.2. The molecule has 0 spiro atoms. The van der Waals surface area contributed by atoms with E-state index in [0.717, 1.165) is 12.8 Å². The van der Waals surface area contributed by atoms with Gasteiger partial charge in [0.15, 0.2) is 9.84 Å². The third kappa shape index (κ3) is 4.49. The summed E-state index contributed by atoms with van der Waals surface area (Å²) in [5, 5.41) is 2.73. The summed E-state index contributed by atoms with van der Waals surface area (Å²) in [6.45, 7) is 2.02. The van der Waals surface area contributed by atoms with Crippen molar-refractivity contribution in [3.8, 4) is 0 Å². The van der Waals surface area contributed by atoms with Crippen LogP contribution < -0.4 is 11.1 Å². The molecule has 2 unspecified atom stereocenters. The van der Waals surface area contributed by atoms with Crippen LogP contribution in [0.3, 0.4) is 0 Å². The van der Waals surface area contributed by atoms with E-state index in [1.165, 1.54) is 0 Å². The van der Waals surface area contributed by atoms with Crippen LogP contribution in [0.4, 0.5) is 0 Å². The molecule has 1 aliphatic rings. The maximum atomic E-state index is 11.5. The van der Waals surface area contributed by atoms with E-state index >= 15 is 0 Å². The standard InChI is InChI=1S/C10H20N2O3S/c1-2-3-8(11)6-10(13)12-9-4-5-16(14,15)7-9/h8-9H,2-7,11H2,1H3,(H,12,13). The van der Waals surface area contributed by atoms with Crippen LogP contribution in [0.25, 0.3) is 0 Å². The monoisotopic (exact) mass is 248 g/mol. The van der Waals surface area contributed by atoms with E-state index < -0.39 is 9.84 Å². The molecule has 0 aromatic rings. The molecule has 0 aromatic heterocycles. The fraction of sp³-hybridized carbons (Fsp3) is 0.900. The molecule has 6 heteroatoms. The number of sulfone groups is 1. The average molecular weight is 248 g/mol. The first-order chi connectivity index (χ1) is 7.43. The van der Waals surface area contributed by atoms with Crippen molar-refractivity contribution in [2.45, 2.75) is 44.7 Å². The zero-order chi connectivity index (χ0) is 12.2. The molecular formula is C10H20N2O3S. The lowest BCUT2D eigenvalue weighted by atomic mass is 10.1. The fourth-order valence-electron chi connectivity index (χ4n) is 1.91. The first-order valence-electron chi connectivity index (χ1n) is 5.68. The molecule has 1 heterocycles. The summed E-state index contributed by atoms with van der Waals surface area (Å²) in [7, 11) is -2.93. The lowest BCUT2D eigenvalue weighted by molar-refractivity contribution is -0.122. The Kier molecular flexibility index (Phi) is 4.73. The van der Waals surface area contributed by atoms with Gasteiger partial charge in [-0.25, -0.2) is 8.42 Å². The lowest BCUT2D eigenvalue weighted by Crippen LogP contribution is -2.38. The molecule has 0 saturated carbocycles. The SMILES string of the molecule is CCCC(N)CC(=O)NC1CCS(=O)(=O)C1. The Hall–Kier alpha value is -0.620. The van der Waals surface area contributed by atoms with Gasteiger partial charge in [-0.3, -0.25) is 4.79 Å². The maximum absolute atomic E-state index is 11.5. The first-order valence-corrected chi connectivity index (χ1v) is 7.50. The summed E-state index contributed by atoms with van der Waals surface area (Å²) in [6, 6.07) is -0.339. The van der Waals surface area contributed by atoms with Gasteiger partial charge in [0, 0.05) is 18.5 Å². The summed E-state index contributed by atoms with van der Waals surface area (Å²) in [5.74, 6) is 0.115. The Balaban J connectivity index is 2.30. The maximum Gasteiger partial charge on any atom is 0.221 e. The van der Waals surface area contributed by atoms with Crippen LogP contribution in [0.1, 0.15) is 32.6 Å². The molecule has 1 rings (SSSR count). The van der Waals surface area contributed by atoms with Crippen LogP contribution >= 0.6 is 0 Å². The minimum absolute atomic E-state index is 0.0712. The summed E-state index contributed by atoms with van der Waals surface area (Å²) in [6.07, 6.45) is 2.57. The van der Waals surface area contributed by atoms with Crippen LogP contribution in [0.5, 0.6) is 0 Å². The Labute approximate surface area is 96.7 Å². The second kappa shape index (κ2) is 5.63. The van der Waals surface area contributed by atoms with Gasteiger partial charge in [-0.1, -0.05) is 13.3 Å². The van der Waals surface area contributed by atoms with Crippen LogP contribution in [-0.2, 0) is 14.6 Å². The van der Waals surface area contributed by atoms with Crippen molar-refractivity contribution in [1.82, 2.24) is 5.32 Å². The minimum Gasteiger partial charge on any atom is -0.352 e. The van der Waals surface area contributed by atoms with E-state index in [9.17, 15) is 13.2 Å². The smallest absolute Gasteiger partial charge is 0.221 e. The molecule has 1 aliphatic heterocycles. The summed E-state index contributed by atoms with van der Waals surface area (Å²) in [5.41, 5.74) is 5.73. The molecule has 94 valence electrons. The molecule has 1 saturated heterocycles. The molecule has 16 heavy (non-hydrogen) atoms. The van der Waals surface area contributed by atoms with Crippen LogP contribution in [0.2, 0.25) is 0 Å². The average Bonchev–Trinajstić information content (AvgIpc) is 2.45. The van der Waals surface area contributed by atoms with Gasteiger partial charge in [-0.15, -0.1) is 0 Å². The Morgan fingerprint density at radius 2 is 2.25 bits per heavy atom. The van der Waals surface area contributed by atoms with Crippen molar-refractivity contribution in [2.24, 2.45) is 5.73 Å². The number of nitrogens with two attached hydrogens (primary N) is 1. The molecule has 3 N–H and O–H groups in total. The molecular weight excluding hydrogens is 228 g/mol. The number of rotatable bonds is 5. The van der Waals surface area contributed by atoms with Gasteiger partial charge in [-0.2, -0.15) is 0 Å². The van der Waals surface area contributed by atoms with Gasteiger partial charge < -0.3 is 11.1 Å². The van der Waals surface area contributed by atoms with Crippen LogP contribution in [0.15, 0.2) is 0 Å². The lowest BCUT2D eigenvalue weighted by Gasteiger charge is -2.13. The van der Waals surface area contributed by atoms with Crippen molar-refractivity contribution < 1.29 is 13.2 Å². The molecule has 2 atom stereocenters. The predicted molar refractivity (Wildman–Crippen MR) is 62.7 cm³/mol. The largest absolute Gasteiger partial charge is 0.352 e. The topological polar surface area (TPSA) is 89.3 Å². The molecule has 0 aliphatic carbocycles. The van der Waals surface area contributed by atoms with Crippen molar-refractivity contribution in [3.63, 3.8) is 0 Å². The Morgan fingerprint density at radius 3 is 2.75 bits per heavy atom. The highest BCUT2D eigenvalue weighted by Crippen LogP contribution is 2.11. The molecule has 0 bridgehead atoms. The third-order valence-corrected chi connectivity index (χ3v) is 4.47. The zero-order valence-corrected chi connectivity index (χ0v) is 10.4. The Morgan fingerprint density at radius 1 is 1.56 bits per heavy atom. The molecule has 0 radical (unpaired) electrons. The van der Waals surface area contributed by atoms with Crippen molar-refractivity contribution in [3.05, 3.63) is 0 Å². The van der Waals surface area contributed by atoms with Crippen molar-refractivity contribution in [2.75, 3.05) is 11.5 Å². The van der Waals surface area contributed by atoms with Gasteiger partial charge in [0.25, 0.3) is 0 Å². The third-order valence-electron chi connectivity index (χ3n) is 2.70. The van der Waals surface area contributed by atoms with E-state index in [0.29, 0.717) is 6.42 Å². The minimum atomic E-state index is -2.93. The van der Waals surface area contributed by atoms with E-state index in [-0.39, 0.29) is 35.9 Å². The second-order valence-electron chi connectivity index (χ2n) is 4.42. The van der Waals surface area contributed by atoms with Crippen LogP contribution in [0, 0.1) is 0 Å². The van der Waals surface area contributed by atoms with E-state index in [2.05, 4.69) is 5.32 Å². The van der Waals surface area contributed by atoms with Gasteiger partial charge in [-0.05, 0) is 12.8 Å². The number of nitrogens with one attached hydrogen (secondary N) is 1. The van der Waals surface area contributed by atoms with E-state index in [1.54, 1.807) is 0 Å². The summed E-state index contributed by atoms with van der Waals surface area (Å²) < 4.78 is 22.3. The molecule has 1 amide bonds. The predicted octanol–water partition coefficient (Wildman–Crippen LogP) is -0.193.